The lowest BCUT2D eigenvalue weighted by molar-refractivity contribution is 0.948. The fraction of sp³-hybridized carbons (Fsp3) is 0. The molecule has 3 rings (SSSR count). The van der Waals surface area contributed by atoms with Crippen LogP contribution in [0, 0.1) is 11.3 Å². The van der Waals surface area contributed by atoms with E-state index in [0.29, 0.717) is 27.9 Å². The molecule has 112 valence electrons. The molecule has 1 heterocycles. The predicted octanol–water partition coefficient (Wildman–Crippen LogP) is 3.50. The van der Waals surface area contributed by atoms with Crippen molar-refractivity contribution in [2.45, 2.75) is 0 Å². The fourth-order valence-corrected chi connectivity index (χ4v) is 2.34. The van der Waals surface area contributed by atoms with Crippen LogP contribution >= 0.6 is 11.6 Å². The van der Waals surface area contributed by atoms with Crippen LogP contribution in [0.15, 0.2) is 65.6 Å². The minimum Gasteiger partial charge on any atom is -0.325 e. The molecular weight excluding hydrogens is 312 g/mol. The van der Waals surface area contributed by atoms with Crippen LogP contribution in [0.3, 0.4) is 0 Å². The zero-order valence-electron chi connectivity index (χ0n) is 11.9. The monoisotopic (exact) mass is 322 g/mol. The van der Waals surface area contributed by atoms with Crippen molar-refractivity contribution in [3.05, 3.63) is 81.7 Å². The molecule has 2 aromatic carbocycles. The molecule has 0 atom stereocenters. The molecule has 3 aromatic rings. The fourth-order valence-electron chi connectivity index (χ4n) is 2.12. The molecule has 1 N–H and O–H groups in total. The van der Waals surface area contributed by atoms with Crippen LogP contribution in [0.25, 0.3) is 5.69 Å². The van der Waals surface area contributed by atoms with E-state index < -0.39 is 0 Å². The topological polar surface area (TPSA) is 70.7 Å². The number of hydrogen-bond acceptors (Lipinski definition) is 4. The Hall–Kier alpha value is -3.10. The summed E-state index contributed by atoms with van der Waals surface area (Å²) < 4.78 is 1.40. The third kappa shape index (κ3) is 3.07. The molecule has 23 heavy (non-hydrogen) atoms. The van der Waals surface area contributed by atoms with E-state index >= 15 is 0 Å². The molecule has 0 aliphatic rings. The lowest BCUT2D eigenvalue weighted by Gasteiger charge is -2.14. The standard InChI is InChI=1S/C17H11ClN4O/c18-14-3-1-2-4-15(14)22-16(23)9-10-20-17(22)21-13-7-5-12(11-19)6-8-13/h1-10H,(H,20,21). The van der Waals surface area contributed by atoms with Crippen molar-refractivity contribution in [1.29, 1.82) is 5.26 Å². The molecule has 1 aromatic heterocycles. The number of rotatable bonds is 3. The smallest absolute Gasteiger partial charge is 0.259 e. The average Bonchev–Trinajstić information content (AvgIpc) is 2.57. The van der Waals surface area contributed by atoms with Crippen LogP contribution in [-0.2, 0) is 0 Å². The summed E-state index contributed by atoms with van der Waals surface area (Å²) in [5.41, 5.74) is 1.57. The maximum Gasteiger partial charge on any atom is 0.259 e. The van der Waals surface area contributed by atoms with E-state index in [1.54, 1.807) is 48.5 Å². The number of para-hydroxylation sites is 1. The minimum absolute atomic E-state index is 0.246. The molecule has 0 fully saturated rings. The first kappa shape index (κ1) is 14.8. The van der Waals surface area contributed by atoms with Crippen LogP contribution < -0.4 is 10.9 Å². The minimum atomic E-state index is -0.246. The quantitative estimate of drug-likeness (QED) is 0.801. The first-order valence-corrected chi connectivity index (χ1v) is 7.17. The maximum atomic E-state index is 12.3. The molecule has 0 saturated heterocycles. The zero-order valence-corrected chi connectivity index (χ0v) is 12.7. The van der Waals surface area contributed by atoms with Gasteiger partial charge in [-0.25, -0.2) is 9.55 Å². The lowest BCUT2D eigenvalue weighted by Crippen LogP contribution is -2.21. The molecule has 5 nitrogen and oxygen atoms in total. The number of halogens is 1. The summed E-state index contributed by atoms with van der Waals surface area (Å²) >= 11 is 6.19. The van der Waals surface area contributed by atoms with Crippen molar-refractivity contribution in [3.63, 3.8) is 0 Å². The molecule has 0 unspecified atom stereocenters. The van der Waals surface area contributed by atoms with Gasteiger partial charge in [0.2, 0.25) is 5.95 Å². The molecule has 0 bridgehead atoms. The predicted molar refractivity (Wildman–Crippen MR) is 89.3 cm³/mol. The second kappa shape index (κ2) is 6.34. The zero-order chi connectivity index (χ0) is 16.2. The highest BCUT2D eigenvalue weighted by Crippen LogP contribution is 2.22. The van der Waals surface area contributed by atoms with E-state index in [2.05, 4.69) is 16.4 Å². The molecule has 6 heteroatoms. The first-order chi connectivity index (χ1) is 11.2. The largest absolute Gasteiger partial charge is 0.325 e. The van der Waals surface area contributed by atoms with Gasteiger partial charge in [0, 0.05) is 18.0 Å². The van der Waals surface area contributed by atoms with Gasteiger partial charge in [-0.05, 0) is 36.4 Å². The Labute approximate surface area is 137 Å². The van der Waals surface area contributed by atoms with Crippen molar-refractivity contribution >= 4 is 23.2 Å². The number of nitrogens with one attached hydrogen (secondary N) is 1. The Morgan fingerprint density at radius 3 is 2.52 bits per heavy atom. The highest BCUT2D eigenvalue weighted by atomic mass is 35.5. The molecule has 0 spiro atoms. The molecule has 0 aliphatic heterocycles. The number of anilines is 2. The van der Waals surface area contributed by atoms with Crippen LogP contribution in [0.5, 0.6) is 0 Å². The summed E-state index contributed by atoms with van der Waals surface area (Å²) in [6.45, 7) is 0. The Balaban J connectivity index is 2.07. The van der Waals surface area contributed by atoms with Crippen LogP contribution in [0.2, 0.25) is 5.02 Å². The average molecular weight is 323 g/mol. The summed E-state index contributed by atoms with van der Waals surface area (Å²) in [5.74, 6) is 0.343. The van der Waals surface area contributed by atoms with E-state index in [0.717, 1.165) is 0 Å². The van der Waals surface area contributed by atoms with Crippen molar-refractivity contribution in [1.82, 2.24) is 9.55 Å². The maximum absolute atomic E-state index is 12.3. The van der Waals surface area contributed by atoms with Crippen LogP contribution in [0.1, 0.15) is 5.56 Å². The van der Waals surface area contributed by atoms with E-state index in [1.807, 2.05) is 0 Å². The molecular formula is C17H11ClN4O. The second-order valence-corrected chi connectivity index (χ2v) is 5.11. The number of hydrogen-bond donors (Lipinski definition) is 1. The van der Waals surface area contributed by atoms with Gasteiger partial charge in [0.1, 0.15) is 0 Å². The number of nitrogens with zero attached hydrogens (tertiary/aromatic N) is 3. The van der Waals surface area contributed by atoms with Crippen molar-refractivity contribution in [2.24, 2.45) is 0 Å². The Kier molecular flexibility index (Phi) is 4.09. The summed E-state index contributed by atoms with van der Waals surface area (Å²) in [6.07, 6.45) is 1.43. The number of nitriles is 1. The third-order valence-corrected chi connectivity index (χ3v) is 3.53. The Bertz CT molecular complexity index is 942. The normalized spacial score (nSPS) is 10.1. The number of benzene rings is 2. The molecule has 0 saturated carbocycles. The molecule has 0 aliphatic carbocycles. The van der Waals surface area contributed by atoms with Gasteiger partial charge in [0.15, 0.2) is 0 Å². The lowest BCUT2D eigenvalue weighted by atomic mass is 10.2. The van der Waals surface area contributed by atoms with Gasteiger partial charge in [-0.15, -0.1) is 0 Å². The van der Waals surface area contributed by atoms with Crippen LogP contribution in [-0.4, -0.2) is 9.55 Å². The van der Waals surface area contributed by atoms with Crippen LogP contribution in [0.4, 0.5) is 11.6 Å². The van der Waals surface area contributed by atoms with E-state index in [1.165, 1.54) is 16.8 Å². The van der Waals surface area contributed by atoms with Crippen molar-refractivity contribution < 1.29 is 0 Å². The van der Waals surface area contributed by atoms with Gasteiger partial charge < -0.3 is 5.32 Å². The SMILES string of the molecule is N#Cc1ccc(Nc2nccc(=O)n2-c2ccccc2Cl)cc1. The first-order valence-electron chi connectivity index (χ1n) is 6.79. The van der Waals surface area contributed by atoms with Gasteiger partial charge in [-0.3, -0.25) is 4.79 Å². The van der Waals surface area contributed by atoms with Gasteiger partial charge in [-0.1, -0.05) is 23.7 Å². The molecule has 0 amide bonds. The van der Waals surface area contributed by atoms with Gasteiger partial charge in [0.25, 0.3) is 5.56 Å². The van der Waals surface area contributed by atoms with E-state index in [9.17, 15) is 4.79 Å². The summed E-state index contributed by atoms with van der Waals surface area (Å²) in [7, 11) is 0. The third-order valence-electron chi connectivity index (χ3n) is 3.21. The number of aromatic nitrogens is 2. The highest BCUT2D eigenvalue weighted by molar-refractivity contribution is 6.32. The highest BCUT2D eigenvalue weighted by Gasteiger charge is 2.10. The Morgan fingerprint density at radius 1 is 1.09 bits per heavy atom. The summed E-state index contributed by atoms with van der Waals surface area (Å²) in [5, 5.41) is 12.4. The van der Waals surface area contributed by atoms with Gasteiger partial charge in [0.05, 0.1) is 22.3 Å². The van der Waals surface area contributed by atoms with Crippen molar-refractivity contribution in [2.75, 3.05) is 5.32 Å². The van der Waals surface area contributed by atoms with Crippen molar-refractivity contribution in [3.8, 4) is 11.8 Å². The van der Waals surface area contributed by atoms with E-state index in [-0.39, 0.29) is 5.56 Å². The van der Waals surface area contributed by atoms with E-state index in [4.69, 9.17) is 16.9 Å². The summed E-state index contributed by atoms with van der Waals surface area (Å²) in [4.78, 5) is 16.5. The molecule has 0 radical (unpaired) electrons. The Morgan fingerprint density at radius 2 is 1.83 bits per heavy atom. The van der Waals surface area contributed by atoms with Gasteiger partial charge >= 0.3 is 0 Å². The second-order valence-electron chi connectivity index (χ2n) is 4.71. The van der Waals surface area contributed by atoms with Gasteiger partial charge in [-0.2, -0.15) is 5.26 Å². The summed E-state index contributed by atoms with van der Waals surface area (Å²) in [6, 6.07) is 17.3.